The van der Waals surface area contributed by atoms with Gasteiger partial charge in [-0.3, -0.25) is 0 Å². The number of fused-ring (bicyclic) bond motifs is 2. The van der Waals surface area contributed by atoms with Crippen molar-refractivity contribution < 1.29 is 9.90 Å². The highest BCUT2D eigenvalue weighted by Crippen LogP contribution is 2.33. The first-order valence-electron chi connectivity index (χ1n) is 8.68. The monoisotopic (exact) mass is 369 g/mol. The fraction of sp³-hybridized carbons (Fsp3) is 0.0417. The van der Waals surface area contributed by atoms with Crippen LogP contribution in [-0.4, -0.2) is 11.1 Å². The van der Waals surface area contributed by atoms with E-state index in [0.717, 1.165) is 32.7 Å². The van der Waals surface area contributed by atoms with Gasteiger partial charge in [0.2, 0.25) is 0 Å². The van der Waals surface area contributed by atoms with Crippen LogP contribution in [0.5, 0.6) is 0 Å². The highest BCUT2D eigenvalue weighted by molar-refractivity contribution is 5.99. The van der Waals surface area contributed by atoms with Gasteiger partial charge in [-0.05, 0) is 68.1 Å². The largest absolute Gasteiger partial charge is 0.478 e. The van der Waals surface area contributed by atoms with Gasteiger partial charge in [0.05, 0.1) is 5.57 Å². The quantitative estimate of drug-likeness (QED) is 0.477. The molecule has 0 aliphatic heterocycles. The fourth-order valence-corrected chi connectivity index (χ4v) is 3.49. The number of aliphatic carboxylic acids is 1. The topological polar surface area (TPSA) is 66.7 Å². The molecule has 0 saturated carbocycles. The maximum atomic E-state index is 12.0. The third-order valence-electron chi connectivity index (χ3n) is 4.68. The summed E-state index contributed by atoms with van der Waals surface area (Å²) in [7, 11) is 0. The van der Waals surface area contributed by atoms with Crippen molar-refractivity contribution in [2.24, 2.45) is 5.18 Å². The first kappa shape index (κ1) is 19.0. The number of rotatable bonds is 6. The number of nitrogens with zero attached hydrogens (tertiary/aromatic N) is 1. The molecule has 2 aromatic rings. The molecule has 1 aliphatic carbocycles. The van der Waals surface area contributed by atoms with E-state index in [1.54, 1.807) is 24.3 Å². The molecule has 0 amide bonds. The molecule has 0 atom stereocenters. The summed E-state index contributed by atoms with van der Waals surface area (Å²) in [6, 6.07) is 11.0. The Kier molecular flexibility index (Phi) is 5.32. The predicted molar refractivity (Wildman–Crippen MR) is 113 cm³/mol. The van der Waals surface area contributed by atoms with Crippen molar-refractivity contribution in [1.82, 2.24) is 0 Å². The van der Waals surface area contributed by atoms with Crippen LogP contribution in [0.2, 0.25) is 0 Å². The second-order valence-corrected chi connectivity index (χ2v) is 6.41. The van der Waals surface area contributed by atoms with E-state index in [1.807, 2.05) is 24.3 Å². The molecule has 0 heterocycles. The van der Waals surface area contributed by atoms with Crippen molar-refractivity contribution in [2.45, 2.75) is 6.42 Å². The van der Waals surface area contributed by atoms with Gasteiger partial charge in [0.1, 0.15) is 5.69 Å². The van der Waals surface area contributed by atoms with Crippen LogP contribution in [0.1, 0.15) is 16.7 Å². The summed E-state index contributed by atoms with van der Waals surface area (Å²) in [5, 5.41) is 14.6. The average Bonchev–Trinajstić information content (AvgIpc) is 2.69. The number of hydrogen-bond acceptors (Lipinski definition) is 3. The van der Waals surface area contributed by atoms with Crippen LogP contribution in [0.15, 0.2) is 90.2 Å². The van der Waals surface area contributed by atoms with Gasteiger partial charge in [0.25, 0.3) is 0 Å². The molecule has 4 nitrogen and oxygen atoms in total. The number of carboxylic acids is 1. The number of carboxylic acid groups (broad SMARTS) is 1. The van der Waals surface area contributed by atoms with E-state index in [-0.39, 0.29) is 5.57 Å². The summed E-state index contributed by atoms with van der Waals surface area (Å²) >= 11 is 0. The van der Waals surface area contributed by atoms with E-state index < -0.39 is 5.97 Å². The molecule has 0 spiro atoms. The molecule has 0 fully saturated rings. The van der Waals surface area contributed by atoms with Crippen LogP contribution < -0.4 is 10.4 Å². The number of nitroso groups, excluding NO2 is 1. The Bertz CT molecular complexity index is 1180. The lowest BCUT2D eigenvalue weighted by atomic mass is 9.81. The Hall–Kier alpha value is -3.79. The van der Waals surface area contributed by atoms with E-state index >= 15 is 0 Å². The van der Waals surface area contributed by atoms with Crippen molar-refractivity contribution in [3.63, 3.8) is 0 Å². The second-order valence-electron chi connectivity index (χ2n) is 6.41. The molecular formula is C24H19NO3. The third-order valence-corrected chi connectivity index (χ3v) is 4.68. The van der Waals surface area contributed by atoms with Crippen molar-refractivity contribution in [3.05, 3.63) is 117 Å². The van der Waals surface area contributed by atoms with E-state index in [2.05, 4.69) is 24.9 Å². The average molecular weight is 369 g/mol. The van der Waals surface area contributed by atoms with Crippen molar-refractivity contribution in [2.75, 3.05) is 0 Å². The molecule has 0 saturated heterocycles. The summed E-state index contributed by atoms with van der Waals surface area (Å²) in [4.78, 5) is 22.9. The van der Waals surface area contributed by atoms with E-state index in [4.69, 9.17) is 0 Å². The smallest absolute Gasteiger partial charge is 0.336 e. The first-order valence-corrected chi connectivity index (χ1v) is 8.68. The summed E-state index contributed by atoms with van der Waals surface area (Å²) < 4.78 is 0. The van der Waals surface area contributed by atoms with E-state index in [1.165, 1.54) is 12.2 Å². The molecule has 1 N–H and O–H groups in total. The van der Waals surface area contributed by atoms with E-state index in [9.17, 15) is 14.8 Å². The Labute approximate surface area is 162 Å². The third kappa shape index (κ3) is 3.40. The Balaban J connectivity index is 2.48. The van der Waals surface area contributed by atoms with Gasteiger partial charge in [-0.1, -0.05) is 62.2 Å². The number of benzene rings is 2. The Morgan fingerprint density at radius 3 is 2.54 bits per heavy atom. The Morgan fingerprint density at radius 1 is 1.11 bits per heavy atom. The zero-order valence-corrected chi connectivity index (χ0v) is 15.3. The van der Waals surface area contributed by atoms with Gasteiger partial charge >= 0.3 is 5.97 Å². The van der Waals surface area contributed by atoms with Crippen molar-refractivity contribution >= 4 is 23.8 Å². The number of carbonyl (C=O) groups is 1. The van der Waals surface area contributed by atoms with Crippen molar-refractivity contribution in [3.8, 4) is 0 Å². The molecule has 0 aromatic heterocycles. The molecule has 28 heavy (non-hydrogen) atoms. The molecule has 3 rings (SSSR count). The zero-order valence-electron chi connectivity index (χ0n) is 15.3. The molecule has 138 valence electrons. The molecule has 4 heteroatoms. The number of hydrogen-bond donors (Lipinski definition) is 1. The summed E-state index contributed by atoms with van der Waals surface area (Å²) in [6.45, 7) is 11.5. The molecular weight excluding hydrogens is 350 g/mol. The lowest BCUT2D eigenvalue weighted by Gasteiger charge is -2.22. The highest BCUT2D eigenvalue weighted by Gasteiger charge is 2.22. The number of allylic oxidation sites excluding steroid dienone is 4. The first-order chi connectivity index (χ1) is 13.5. The van der Waals surface area contributed by atoms with Gasteiger partial charge < -0.3 is 5.11 Å². The summed E-state index contributed by atoms with van der Waals surface area (Å²) in [5.41, 5.74) is 4.47. The minimum absolute atomic E-state index is 0.111. The predicted octanol–water partition coefficient (Wildman–Crippen LogP) is 3.91. The lowest BCUT2D eigenvalue weighted by molar-refractivity contribution is -0.132. The minimum Gasteiger partial charge on any atom is -0.478 e. The van der Waals surface area contributed by atoms with E-state index in [0.29, 0.717) is 17.7 Å². The summed E-state index contributed by atoms with van der Waals surface area (Å²) in [6.07, 6.45) is 6.76. The van der Waals surface area contributed by atoms with Gasteiger partial charge in [0, 0.05) is 0 Å². The SMILES string of the molecule is C=C/C=C\C(C(=O)O)=C(/C=C)C1=c2ccc(=C)cc2Cc2cc(N=O)ccc21. The van der Waals surface area contributed by atoms with Gasteiger partial charge in [-0.25, -0.2) is 4.79 Å². The second kappa shape index (κ2) is 7.84. The lowest BCUT2D eigenvalue weighted by Crippen LogP contribution is -2.24. The zero-order chi connectivity index (χ0) is 20.3. The Morgan fingerprint density at radius 2 is 1.89 bits per heavy atom. The normalized spacial score (nSPS) is 13.4. The maximum absolute atomic E-state index is 12.0. The highest BCUT2D eigenvalue weighted by atomic mass is 16.4. The fourth-order valence-electron chi connectivity index (χ4n) is 3.49. The molecule has 1 aliphatic rings. The molecule has 2 aromatic carbocycles. The van der Waals surface area contributed by atoms with Crippen molar-refractivity contribution in [1.29, 1.82) is 0 Å². The minimum atomic E-state index is -1.06. The van der Waals surface area contributed by atoms with Crippen LogP contribution >= 0.6 is 0 Å². The van der Waals surface area contributed by atoms with Crippen LogP contribution in [0.25, 0.3) is 12.2 Å². The molecule has 0 unspecified atom stereocenters. The van der Waals surface area contributed by atoms with Gasteiger partial charge in [-0.2, -0.15) is 0 Å². The molecule has 0 bridgehead atoms. The summed E-state index contributed by atoms with van der Waals surface area (Å²) in [5.74, 6) is -1.06. The molecule has 0 radical (unpaired) electrons. The standard InChI is InChI=1S/C24H19NO3/c1-4-6-7-22(24(26)27)19(5-2)23-20-10-8-15(3)12-16(20)13-17-14-18(25-28)9-11-21(17)23/h4-12,14H,1-3,13H2,(H,26,27)/b7-6-,22-19-. The van der Waals surface area contributed by atoms with Crippen LogP contribution in [0.4, 0.5) is 5.69 Å². The van der Waals surface area contributed by atoms with Crippen LogP contribution in [-0.2, 0) is 11.2 Å². The van der Waals surface area contributed by atoms with Crippen LogP contribution in [0, 0.1) is 4.91 Å². The van der Waals surface area contributed by atoms with Crippen LogP contribution in [0.3, 0.4) is 0 Å². The van der Waals surface area contributed by atoms with Gasteiger partial charge in [0.15, 0.2) is 0 Å². The van der Waals surface area contributed by atoms with Gasteiger partial charge in [-0.15, -0.1) is 4.91 Å². The maximum Gasteiger partial charge on any atom is 0.336 e.